The number of nitrogens with zero attached hydrogens (tertiary/aromatic N) is 4. The highest BCUT2D eigenvalue weighted by Gasteiger charge is 2.23. The van der Waals surface area contributed by atoms with Gasteiger partial charge < -0.3 is 9.64 Å². The number of aromatic amines is 1. The minimum absolute atomic E-state index is 0.228. The molecule has 0 spiro atoms. The van der Waals surface area contributed by atoms with E-state index in [1.807, 2.05) is 24.1 Å². The Morgan fingerprint density at radius 2 is 2.00 bits per heavy atom. The van der Waals surface area contributed by atoms with E-state index in [1.165, 1.54) is 24.9 Å². The SMILES string of the molecule is CCN(c1nc(-c2c(F)cccc2OC)c2[nH]ncc2n1)c1cc(SC)c(Cl)cc1Cl. The number of hydrogen-bond donors (Lipinski definition) is 1. The topological polar surface area (TPSA) is 66.9 Å². The molecule has 0 radical (unpaired) electrons. The van der Waals surface area contributed by atoms with E-state index < -0.39 is 5.82 Å². The summed E-state index contributed by atoms with van der Waals surface area (Å²) in [6.45, 7) is 2.47. The quantitative estimate of drug-likeness (QED) is 0.326. The van der Waals surface area contributed by atoms with Gasteiger partial charge in [-0.2, -0.15) is 5.10 Å². The zero-order valence-electron chi connectivity index (χ0n) is 16.9. The largest absolute Gasteiger partial charge is 0.496 e. The van der Waals surface area contributed by atoms with Crippen LogP contribution in [-0.2, 0) is 0 Å². The molecule has 160 valence electrons. The Bertz CT molecular complexity index is 1270. The van der Waals surface area contributed by atoms with Crippen molar-refractivity contribution in [2.75, 3.05) is 24.8 Å². The third-order valence-corrected chi connectivity index (χ3v) is 6.30. The number of H-pyrrole nitrogens is 1. The Balaban J connectivity index is 1.96. The molecule has 4 rings (SSSR count). The van der Waals surface area contributed by atoms with Gasteiger partial charge in [-0.25, -0.2) is 14.4 Å². The number of fused-ring (bicyclic) bond motifs is 1. The van der Waals surface area contributed by atoms with Crippen LogP contribution in [0.2, 0.25) is 10.0 Å². The zero-order valence-corrected chi connectivity index (χ0v) is 19.2. The number of halogens is 3. The average Bonchev–Trinajstić information content (AvgIpc) is 3.24. The molecule has 10 heteroatoms. The number of benzene rings is 2. The van der Waals surface area contributed by atoms with Gasteiger partial charge in [0.15, 0.2) is 0 Å². The van der Waals surface area contributed by atoms with Crippen LogP contribution in [0.15, 0.2) is 41.4 Å². The molecule has 1 N–H and O–H groups in total. The van der Waals surface area contributed by atoms with Gasteiger partial charge in [-0.3, -0.25) is 5.10 Å². The number of thioether (sulfide) groups is 1. The molecule has 2 aromatic carbocycles. The Labute approximate surface area is 192 Å². The van der Waals surface area contributed by atoms with Crippen molar-refractivity contribution in [1.29, 1.82) is 0 Å². The molecule has 0 amide bonds. The second kappa shape index (κ2) is 8.90. The summed E-state index contributed by atoms with van der Waals surface area (Å²) in [5, 5.41) is 7.97. The highest BCUT2D eigenvalue weighted by Crippen LogP contribution is 2.40. The van der Waals surface area contributed by atoms with Crippen LogP contribution >= 0.6 is 35.0 Å². The van der Waals surface area contributed by atoms with Crippen molar-refractivity contribution in [2.45, 2.75) is 11.8 Å². The predicted molar refractivity (Wildman–Crippen MR) is 125 cm³/mol. The van der Waals surface area contributed by atoms with Crippen LogP contribution in [0.4, 0.5) is 16.0 Å². The number of ether oxygens (including phenoxy) is 1. The third-order valence-electron chi connectivity index (χ3n) is 4.79. The predicted octanol–water partition coefficient (Wildman–Crippen LogP) is 6.35. The summed E-state index contributed by atoms with van der Waals surface area (Å²) in [5.41, 5.74) is 2.33. The van der Waals surface area contributed by atoms with Crippen molar-refractivity contribution in [3.63, 3.8) is 0 Å². The molecule has 0 bridgehead atoms. The second-order valence-electron chi connectivity index (χ2n) is 6.50. The summed E-state index contributed by atoms with van der Waals surface area (Å²) in [7, 11) is 1.49. The molecule has 0 unspecified atom stereocenters. The van der Waals surface area contributed by atoms with Gasteiger partial charge in [0.2, 0.25) is 5.95 Å². The molecule has 6 nitrogen and oxygen atoms in total. The van der Waals surface area contributed by atoms with Crippen LogP contribution < -0.4 is 9.64 Å². The van der Waals surface area contributed by atoms with Gasteiger partial charge in [0.1, 0.15) is 28.3 Å². The van der Waals surface area contributed by atoms with Crippen molar-refractivity contribution in [1.82, 2.24) is 20.2 Å². The molecule has 4 aromatic rings. The van der Waals surface area contributed by atoms with Crippen LogP contribution in [-0.4, -0.2) is 40.1 Å². The molecule has 2 aromatic heterocycles. The summed E-state index contributed by atoms with van der Waals surface area (Å²) in [5.74, 6) is 0.253. The smallest absolute Gasteiger partial charge is 0.231 e. The first-order chi connectivity index (χ1) is 15.0. The van der Waals surface area contributed by atoms with Crippen molar-refractivity contribution in [2.24, 2.45) is 0 Å². The van der Waals surface area contributed by atoms with Crippen LogP contribution in [0, 0.1) is 5.82 Å². The van der Waals surface area contributed by atoms with E-state index in [-0.39, 0.29) is 5.56 Å². The summed E-state index contributed by atoms with van der Waals surface area (Å²) in [4.78, 5) is 12.1. The van der Waals surface area contributed by atoms with Crippen molar-refractivity contribution in [3.05, 3.63) is 52.4 Å². The van der Waals surface area contributed by atoms with Gasteiger partial charge in [0, 0.05) is 11.4 Å². The van der Waals surface area contributed by atoms with Crippen LogP contribution in [0.25, 0.3) is 22.3 Å². The van der Waals surface area contributed by atoms with E-state index >= 15 is 0 Å². The average molecular weight is 478 g/mol. The molecular formula is C21H18Cl2FN5OS. The maximum atomic E-state index is 14.9. The number of methoxy groups -OCH3 is 1. The molecule has 0 aliphatic carbocycles. The Morgan fingerprint density at radius 3 is 2.71 bits per heavy atom. The molecule has 0 aliphatic heterocycles. The molecule has 0 saturated heterocycles. The molecule has 0 atom stereocenters. The number of rotatable bonds is 6. The van der Waals surface area contributed by atoms with Gasteiger partial charge in [-0.15, -0.1) is 11.8 Å². The van der Waals surface area contributed by atoms with E-state index in [0.29, 0.717) is 50.7 Å². The lowest BCUT2D eigenvalue weighted by molar-refractivity contribution is 0.413. The first-order valence-electron chi connectivity index (χ1n) is 9.33. The monoisotopic (exact) mass is 477 g/mol. The summed E-state index contributed by atoms with van der Waals surface area (Å²) >= 11 is 14.3. The molecule has 31 heavy (non-hydrogen) atoms. The maximum absolute atomic E-state index is 14.9. The van der Waals surface area contributed by atoms with Gasteiger partial charge in [0.25, 0.3) is 0 Å². The molecular weight excluding hydrogens is 460 g/mol. The highest BCUT2D eigenvalue weighted by atomic mass is 35.5. The van der Waals surface area contributed by atoms with Crippen molar-refractivity contribution >= 4 is 57.6 Å². The minimum Gasteiger partial charge on any atom is -0.496 e. The van der Waals surface area contributed by atoms with Crippen molar-refractivity contribution < 1.29 is 9.13 Å². The normalized spacial score (nSPS) is 11.2. The zero-order chi connectivity index (χ0) is 22.1. The molecule has 0 saturated carbocycles. The summed E-state index contributed by atoms with van der Waals surface area (Å²) in [6, 6.07) is 8.22. The molecule has 0 aliphatic rings. The standard InChI is InChI=1S/C21H18Cl2FN5OS/c1-4-29(15-9-17(31-3)12(23)8-11(15)22)21-26-14-10-25-28-19(14)20(27-21)18-13(24)6-5-7-16(18)30-2/h5-10H,4H2,1-3H3,(H,25,28). The first kappa shape index (κ1) is 21.7. The Kier molecular flexibility index (Phi) is 6.22. The van der Waals surface area contributed by atoms with E-state index in [4.69, 9.17) is 32.9 Å². The van der Waals surface area contributed by atoms with Crippen LogP contribution in [0.3, 0.4) is 0 Å². The number of aromatic nitrogens is 4. The van der Waals surface area contributed by atoms with Gasteiger partial charge in [-0.05, 0) is 37.4 Å². The second-order valence-corrected chi connectivity index (χ2v) is 8.16. The Morgan fingerprint density at radius 1 is 1.19 bits per heavy atom. The van der Waals surface area contributed by atoms with Crippen LogP contribution in [0.5, 0.6) is 5.75 Å². The minimum atomic E-state index is -0.461. The lowest BCUT2D eigenvalue weighted by atomic mass is 10.1. The fraction of sp³-hybridized carbons (Fsp3) is 0.190. The lowest BCUT2D eigenvalue weighted by Crippen LogP contribution is -2.20. The third kappa shape index (κ3) is 3.91. The maximum Gasteiger partial charge on any atom is 0.231 e. The van der Waals surface area contributed by atoms with Crippen molar-refractivity contribution in [3.8, 4) is 17.0 Å². The van der Waals surface area contributed by atoms with Gasteiger partial charge in [-0.1, -0.05) is 29.3 Å². The van der Waals surface area contributed by atoms with Crippen LogP contribution in [0.1, 0.15) is 6.92 Å². The van der Waals surface area contributed by atoms with E-state index in [0.717, 1.165) is 4.90 Å². The van der Waals surface area contributed by atoms with Gasteiger partial charge >= 0.3 is 0 Å². The Hall–Kier alpha value is -2.55. The first-order valence-corrected chi connectivity index (χ1v) is 11.3. The fourth-order valence-corrected chi connectivity index (χ4v) is 4.53. The number of hydrogen-bond acceptors (Lipinski definition) is 6. The van der Waals surface area contributed by atoms with E-state index in [9.17, 15) is 4.39 Å². The number of anilines is 2. The van der Waals surface area contributed by atoms with E-state index in [2.05, 4.69) is 15.2 Å². The van der Waals surface area contributed by atoms with E-state index in [1.54, 1.807) is 24.4 Å². The highest BCUT2D eigenvalue weighted by molar-refractivity contribution is 7.98. The summed E-state index contributed by atoms with van der Waals surface area (Å²) < 4.78 is 20.3. The van der Waals surface area contributed by atoms with Gasteiger partial charge in [0.05, 0.1) is 34.6 Å². The lowest BCUT2D eigenvalue weighted by Gasteiger charge is -2.24. The molecule has 2 heterocycles. The summed E-state index contributed by atoms with van der Waals surface area (Å²) in [6.07, 6.45) is 3.51. The fourth-order valence-electron chi connectivity index (χ4n) is 3.33. The number of nitrogens with one attached hydrogen (secondary N) is 1. The molecule has 0 fully saturated rings.